The molecule has 0 bridgehead atoms. The van der Waals surface area contributed by atoms with Gasteiger partial charge in [-0.1, -0.05) is 0 Å². The molecule has 0 radical (unpaired) electrons. The van der Waals surface area contributed by atoms with Gasteiger partial charge >= 0.3 is 5.97 Å². The summed E-state index contributed by atoms with van der Waals surface area (Å²) in [5.74, 6) is 0.429. The Bertz CT molecular complexity index is 438. The molecule has 0 N–H and O–H groups in total. The molecule has 74 valence electrons. The molecule has 0 saturated carbocycles. The van der Waals surface area contributed by atoms with Gasteiger partial charge in [0, 0.05) is 18.4 Å². The molecule has 0 amide bonds. The maximum atomic E-state index is 11.5. The van der Waals surface area contributed by atoms with Crippen molar-refractivity contribution in [1.82, 2.24) is 4.57 Å². The lowest BCUT2D eigenvalue weighted by atomic mass is 10.3. The fraction of sp³-hybridized carbons (Fsp3) is 0.333. The molecule has 1 aromatic rings. The molecule has 0 saturated heterocycles. The van der Waals surface area contributed by atoms with Crippen LogP contribution in [0.3, 0.4) is 0 Å². The van der Waals surface area contributed by atoms with Crippen LogP contribution in [-0.4, -0.2) is 23.4 Å². The molecule has 2 rings (SSSR count). The van der Waals surface area contributed by atoms with E-state index in [1.807, 2.05) is 0 Å². The van der Waals surface area contributed by atoms with Gasteiger partial charge in [-0.2, -0.15) is 0 Å². The van der Waals surface area contributed by atoms with Gasteiger partial charge in [0.2, 0.25) is 0 Å². The monoisotopic (exact) mass is 211 g/mol. The summed E-state index contributed by atoms with van der Waals surface area (Å²) >= 11 is 1.58. The third-order valence-corrected chi connectivity index (χ3v) is 3.10. The Morgan fingerprint density at radius 3 is 3.07 bits per heavy atom. The van der Waals surface area contributed by atoms with Crippen molar-refractivity contribution >= 4 is 17.7 Å². The molecule has 1 aliphatic heterocycles. The minimum atomic E-state index is -0.460. The highest BCUT2D eigenvalue weighted by molar-refractivity contribution is 7.99. The Morgan fingerprint density at radius 1 is 1.57 bits per heavy atom. The minimum absolute atomic E-state index is 0.132. The number of carbonyl (C=O) groups excluding carboxylic acids is 1. The van der Waals surface area contributed by atoms with Gasteiger partial charge < -0.3 is 9.30 Å². The summed E-state index contributed by atoms with van der Waals surface area (Å²) in [4.78, 5) is 22.7. The Morgan fingerprint density at radius 2 is 2.36 bits per heavy atom. The van der Waals surface area contributed by atoms with E-state index in [1.54, 1.807) is 22.4 Å². The van der Waals surface area contributed by atoms with Crippen LogP contribution in [0.25, 0.3) is 0 Å². The molecule has 0 atom stereocenters. The quantitative estimate of drug-likeness (QED) is 0.643. The van der Waals surface area contributed by atoms with E-state index in [-0.39, 0.29) is 5.56 Å². The molecule has 5 heteroatoms. The zero-order chi connectivity index (χ0) is 10.1. The van der Waals surface area contributed by atoms with Crippen LogP contribution in [0.2, 0.25) is 0 Å². The number of pyridine rings is 1. The number of rotatable bonds is 1. The second kappa shape index (κ2) is 3.49. The smallest absolute Gasteiger partial charge is 0.338 e. The van der Waals surface area contributed by atoms with E-state index < -0.39 is 5.97 Å². The van der Waals surface area contributed by atoms with Crippen molar-refractivity contribution in [2.45, 2.75) is 11.6 Å². The van der Waals surface area contributed by atoms with E-state index in [4.69, 9.17) is 0 Å². The van der Waals surface area contributed by atoms with Gasteiger partial charge in [-0.3, -0.25) is 4.79 Å². The summed E-state index contributed by atoms with van der Waals surface area (Å²) in [7, 11) is 1.31. The van der Waals surface area contributed by atoms with Gasteiger partial charge in [-0.15, -0.1) is 11.8 Å². The number of hydrogen-bond acceptors (Lipinski definition) is 4. The number of hydrogen-bond donors (Lipinski definition) is 0. The van der Waals surface area contributed by atoms with E-state index in [2.05, 4.69) is 4.74 Å². The van der Waals surface area contributed by atoms with E-state index in [0.29, 0.717) is 5.56 Å². The van der Waals surface area contributed by atoms with Crippen LogP contribution in [0.1, 0.15) is 10.4 Å². The highest BCUT2D eigenvalue weighted by Gasteiger charge is 2.16. The first-order chi connectivity index (χ1) is 6.72. The van der Waals surface area contributed by atoms with Crippen molar-refractivity contribution < 1.29 is 9.53 Å². The fourth-order valence-electron chi connectivity index (χ4n) is 1.39. The Labute approximate surface area is 84.9 Å². The fourth-order valence-corrected chi connectivity index (χ4v) is 2.42. The predicted molar refractivity (Wildman–Crippen MR) is 52.8 cm³/mol. The molecule has 0 spiro atoms. The first kappa shape index (κ1) is 9.33. The topological polar surface area (TPSA) is 48.3 Å². The van der Waals surface area contributed by atoms with Crippen LogP contribution < -0.4 is 5.56 Å². The van der Waals surface area contributed by atoms with Gasteiger partial charge in [-0.05, 0) is 6.07 Å². The van der Waals surface area contributed by atoms with Gasteiger partial charge in [-0.25, -0.2) is 4.79 Å². The first-order valence-electron chi connectivity index (χ1n) is 4.18. The lowest BCUT2D eigenvalue weighted by Crippen LogP contribution is -2.20. The number of esters is 1. The number of fused-ring (bicyclic) bond motifs is 1. The lowest BCUT2D eigenvalue weighted by Gasteiger charge is -2.03. The van der Waals surface area contributed by atoms with Crippen molar-refractivity contribution in [2.24, 2.45) is 0 Å². The molecule has 1 aliphatic rings. The zero-order valence-electron chi connectivity index (χ0n) is 7.65. The van der Waals surface area contributed by atoms with Crippen molar-refractivity contribution in [3.05, 3.63) is 28.0 Å². The molecule has 0 aliphatic carbocycles. The molecule has 2 heterocycles. The second-order valence-electron chi connectivity index (χ2n) is 2.91. The summed E-state index contributed by atoms with van der Waals surface area (Å²) in [5, 5.41) is 0.845. The molecular weight excluding hydrogens is 202 g/mol. The van der Waals surface area contributed by atoms with E-state index >= 15 is 0 Å². The van der Waals surface area contributed by atoms with Crippen LogP contribution in [0.15, 0.2) is 22.0 Å². The van der Waals surface area contributed by atoms with Crippen LogP contribution in [0.4, 0.5) is 0 Å². The number of thioether (sulfide) groups is 1. The van der Waals surface area contributed by atoms with Crippen molar-refractivity contribution in [3.63, 3.8) is 0 Å². The van der Waals surface area contributed by atoms with E-state index in [1.165, 1.54) is 13.2 Å². The number of aromatic nitrogens is 1. The van der Waals surface area contributed by atoms with E-state index in [9.17, 15) is 9.59 Å². The molecule has 1 aromatic heterocycles. The molecule has 0 fully saturated rings. The maximum absolute atomic E-state index is 11.5. The number of carbonyl (C=O) groups is 1. The Kier molecular flexibility index (Phi) is 2.33. The average molecular weight is 211 g/mol. The van der Waals surface area contributed by atoms with Crippen molar-refractivity contribution in [1.29, 1.82) is 0 Å². The molecule has 0 aromatic carbocycles. The zero-order valence-corrected chi connectivity index (χ0v) is 8.47. The number of nitrogens with zero attached hydrogens (tertiary/aromatic N) is 1. The average Bonchev–Trinajstić information content (AvgIpc) is 2.64. The number of methoxy groups -OCH3 is 1. The van der Waals surface area contributed by atoms with Gasteiger partial charge in [0.25, 0.3) is 5.56 Å². The second-order valence-corrected chi connectivity index (χ2v) is 4.03. The molecular formula is C9H9NO3S. The van der Waals surface area contributed by atoms with Crippen LogP contribution >= 0.6 is 11.8 Å². The predicted octanol–water partition coefficient (Wildman–Crippen LogP) is 0.741. The van der Waals surface area contributed by atoms with Crippen LogP contribution in [0.5, 0.6) is 0 Å². The molecule has 0 unspecified atom stereocenters. The maximum Gasteiger partial charge on any atom is 0.338 e. The minimum Gasteiger partial charge on any atom is -0.465 e. The molecule has 14 heavy (non-hydrogen) atoms. The largest absolute Gasteiger partial charge is 0.465 e. The van der Waals surface area contributed by atoms with Gasteiger partial charge in [0.15, 0.2) is 0 Å². The third-order valence-electron chi connectivity index (χ3n) is 2.08. The Balaban J connectivity index is 2.52. The summed E-state index contributed by atoms with van der Waals surface area (Å²) in [6.45, 7) is 0.723. The van der Waals surface area contributed by atoms with Crippen molar-refractivity contribution in [2.75, 3.05) is 12.9 Å². The number of ether oxygens (including phenoxy) is 1. The lowest BCUT2D eigenvalue weighted by molar-refractivity contribution is 0.0600. The van der Waals surface area contributed by atoms with Gasteiger partial charge in [0.05, 0.1) is 17.7 Å². The highest BCUT2D eigenvalue weighted by Crippen LogP contribution is 2.23. The van der Waals surface area contributed by atoms with Crippen molar-refractivity contribution in [3.8, 4) is 0 Å². The standard InChI is InChI=1S/C9H9NO3S/c1-13-9(12)6-4-7(11)10-2-3-14-8(10)5-6/h4-5H,2-3H2,1H3. The normalized spacial score (nSPS) is 13.8. The highest BCUT2D eigenvalue weighted by atomic mass is 32.2. The van der Waals surface area contributed by atoms with E-state index in [0.717, 1.165) is 17.3 Å². The summed E-state index contributed by atoms with van der Waals surface area (Å²) in [6.07, 6.45) is 0. The SMILES string of the molecule is COC(=O)c1cc2n(c(=O)c1)CCS2. The summed E-state index contributed by atoms with van der Waals surface area (Å²) < 4.78 is 6.22. The third kappa shape index (κ3) is 1.43. The summed E-state index contributed by atoms with van der Waals surface area (Å²) in [5.41, 5.74) is 0.200. The first-order valence-corrected chi connectivity index (χ1v) is 5.17. The Hall–Kier alpha value is -1.23. The molecule has 4 nitrogen and oxygen atoms in total. The van der Waals surface area contributed by atoms with Crippen LogP contribution in [-0.2, 0) is 11.3 Å². The van der Waals surface area contributed by atoms with Gasteiger partial charge in [0.1, 0.15) is 0 Å². The summed E-state index contributed by atoms with van der Waals surface area (Å²) in [6, 6.07) is 3.02. The van der Waals surface area contributed by atoms with Crippen LogP contribution in [0, 0.1) is 0 Å².